The standard InChI is InChI=1S/C16H13Cl2NO4S/c17-10-2-1-9(7-11(10)18)12-3-4-13(24-12)14(20)19-16(15(21)22)5-6-23-8-16/h1-4,7H,5-6,8H2,(H,19,20)(H,21,22). The molecule has 1 aromatic heterocycles. The SMILES string of the molecule is O=C(NC1(C(=O)O)CCOC1)c1ccc(-c2ccc(Cl)c(Cl)c2)s1. The minimum absolute atomic E-state index is 0.0287. The number of halogens is 2. The van der Waals surface area contributed by atoms with Crippen molar-refractivity contribution in [2.45, 2.75) is 12.0 Å². The van der Waals surface area contributed by atoms with Crippen molar-refractivity contribution in [1.29, 1.82) is 0 Å². The maximum absolute atomic E-state index is 12.4. The van der Waals surface area contributed by atoms with Crippen molar-refractivity contribution >= 4 is 46.4 Å². The number of benzene rings is 1. The third kappa shape index (κ3) is 3.28. The van der Waals surface area contributed by atoms with Crippen LogP contribution in [0.2, 0.25) is 10.0 Å². The molecule has 3 rings (SSSR count). The van der Waals surface area contributed by atoms with E-state index in [4.69, 9.17) is 27.9 Å². The lowest BCUT2D eigenvalue weighted by molar-refractivity contribution is -0.144. The van der Waals surface area contributed by atoms with Gasteiger partial charge in [-0.05, 0) is 29.8 Å². The van der Waals surface area contributed by atoms with Gasteiger partial charge >= 0.3 is 5.97 Å². The van der Waals surface area contributed by atoms with E-state index in [9.17, 15) is 14.7 Å². The molecule has 1 atom stereocenters. The van der Waals surface area contributed by atoms with Gasteiger partial charge in [0, 0.05) is 17.9 Å². The number of hydrogen-bond donors (Lipinski definition) is 2. The van der Waals surface area contributed by atoms with Crippen molar-refractivity contribution in [1.82, 2.24) is 5.32 Å². The van der Waals surface area contributed by atoms with Crippen molar-refractivity contribution in [3.63, 3.8) is 0 Å². The van der Waals surface area contributed by atoms with E-state index in [1.807, 2.05) is 6.07 Å². The Bertz CT molecular complexity index is 799. The van der Waals surface area contributed by atoms with E-state index in [1.54, 1.807) is 24.3 Å². The van der Waals surface area contributed by atoms with Crippen LogP contribution in [0.25, 0.3) is 10.4 Å². The number of aliphatic carboxylic acids is 1. The molecule has 126 valence electrons. The number of carboxylic acids is 1. The Morgan fingerprint density at radius 3 is 2.62 bits per heavy atom. The van der Waals surface area contributed by atoms with Crippen LogP contribution in [0.3, 0.4) is 0 Å². The summed E-state index contributed by atoms with van der Waals surface area (Å²) in [6.45, 7) is 0.282. The van der Waals surface area contributed by atoms with E-state index in [-0.39, 0.29) is 13.0 Å². The number of ether oxygens (including phenoxy) is 1. The molecule has 0 saturated carbocycles. The van der Waals surface area contributed by atoms with Gasteiger partial charge in [0.25, 0.3) is 5.91 Å². The number of carbonyl (C=O) groups excluding carboxylic acids is 1. The van der Waals surface area contributed by atoms with Gasteiger partial charge in [-0.2, -0.15) is 0 Å². The highest BCUT2D eigenvalue weighted by Crippen LogP contribution is 2.33. The molecule has 5 nitrogen and oxygen atoms in total. The van der Waals surface area contributed by atoms with Crippen LogP contribution in [0.1, 0.15) is 16.1 Å². The third-order valence-electron chi connectivity index (χ3n) is 3.82. The molecule has 2 aromatic rings. The Kier molecular flexibility index (Phi) is 4.83. The van der Waals surface area contributed by atoms with E-state index in [0.717, 1.165) is 10.4 Å². The number of nitrogens with one attached hydrogen (secondary N) is 1. The van der Waals surface area contributed by atoms with Crippen molar-refractivity contribution in [3.05, 3.63) is 45.3 Å². The summed E-state index contributed by atoms with van der Waals surface area (Å²) in [5, 5.41) is 12.9. The normalized spacial score (nSPS) is 20.1. The maximum atomic E-state index is 12.4. The highest BCUT2D eigenvalue weighted by Gasteiger charge is 2.44. The molecule has 0 bridgehead atoms. The molecular weight excluding hydrogens is 373 g/mol. The molecule has 1 saturated heterocycles. The molecule has 1 amide bonds. The average molecular weight is 386 g/mol. The number of hydrogen-bond acceptors (Lipinski definition) is 4. The zero-order valence-electron chi connectivity index (χ0n) is 12.3. The van der Waals surface area contributed by atoms with Crippen LogP contribution >= 0.6 is 34.5 Å². The van der Waals surface area contributed by atoms with Crippen LogP contribution in [0.5, 0.6) is 0 Å². The smallest absolute Gasteiger partial charge is 0.331 e. The lowest BCUT2D eigenvalue weighted by atomic mass is 9.99. The molecule has 1 aliphatic heterocycles. The Balaban J connectivity index is 1.81. The number of thiophene rings is 1. The third-order valence-corrected chi connectivity index (χ3v) is 5.69. The van der Waals surface area contributed by atoms with Gasteiger partial charge in [0.2, 0.25) is 0 Å². The van der Waals surface area contributed by atoms with Crippen LogP contribution in [-0.2, 0) is 9.53 Å². The summed E-state index contributed by atoms with van der Waals surface area (Å²) < 4.78 is 5.14. The van der Waals surface area contributed by atoms with E-state index in [1.165, 1.54) is 11.3 Å². The predicted octanol–water partition coefficient (Wildman–Crippen LogP) is 3.70. The first-order valence-electron chi connectivity index (χ1n) is 7.10. The van der Waals surface area contributed by atoms with Gasteiger partial charge in [-0.15, -0.1) is 11.3 Å². The molecule has 0 radical (unpaired) electrons. The number of amides is 1. The number of carboxylic acid groups (broad SMARTS) is 1. The van der Waals surface area contributed by atoms with Crippen LogP contribution in [-0.4, -0.2) is 35.7 Å². The van der Waals surface area contributed by atoms with E-state index >= 15 is 0 Å². The summed E-state index contributed by atoms with van der Waals surface area (Å²) in [6, 6.07) is 8.67. The van der Waals surface area contributed by atoms with Crippen molar-refractivity contribution in [2.24, 2.45) is 0 Å². The minimum Gasteiger partial charge on any atom is -0.479 e. The second-order valence-electron chi connectivity index (χ2n) is 5.44. The van der Waals surface area contributed by atoms with E-state index in [0.29, 0.717) is 21.5 Å². The minimum atomic E-state index is -1.36. The first kappa shape index (κ1) is 17.2. The monoisotopic (exact) mass is 385 g/mol. The van der Waals surface area contributed by atoms with Crippen molar-refractivity contribution in [3.8, 4) is 10.4 Å². The molecule has 1 aliphatic rings. The van der Waals surface area contributed by atoms with Gasteiger partial charge in [0.15, 0.2) is 5.54 Å². The summed E-state index contributed by atoms with van der Waals surface area (Å²) in [5.41, 5.74) is -0.518. The summed E-state index contributed by atoms with van der Waals surface area (Å²) >= 11 is 13.2. The Morgan fingerprint density at radius 2 is 2.00 bits per heavy atom. The summed E-state index contributed by atoms with van der Waals surface area (Å²) in [5.74, 6) is -1.52. The second kappa shape index (κ2) is 6.72. The lowest BCUT2D eigenvalue weighted by Gasteiger charge is -2.23. The van der Waals surface area contributed by atoms with Crippen LogP contribution in [0.15, 0.2) is 30.3 Å². The zero-order valence-corrected chi connectivity index (χ0v) is 14.7. The first-order valence-corrected chi connectivity index (χ1v) is 8.67. The van der Waals surface area contributed by atoms with E-state index in [2.05, 4.69) is 5.32 Å². The van der Waals surface area contributed by atoms with Crippen molar-refractivity contribution < 1.29 is 19.4 Å². The Morgan fingerprint density at radius 1 is 1.21 bits per heavy atom. The first-order chi connectivity index (χ1) is 11.4. The van der Waals surface area contributed by atoms with Gasteiger partial charge in [-0.1, -0.05) is 29.3 Å². The van der Waals surface area contributed by atoms with Gasteiger partial charge < -0.3 is 15.2 Å². The van der Waals surface area contributed by atoms with Gasteiger partial charge in [-0.25, -0.2) is 4.79 Å². The topological polar surface area (TPSA) is 75.6 Å². The average Bonchev–Trinajstić information content (AvgIpc) is 3.20. The zero-order chi connectivity index (χ0) is 17.3. The highest BCUT2D eigenvalue weighted by molar-refractivity contribution is 7.17. The molecule has 24 heavy (non-hydrogen) atoms. The van der Waals surface area contributed by atoms with Gasteiger partial charge in [0.05, 0.1) is 21.5 Å². The molecule has 2 N–H and O–H groups in total. The molecule has 1 unspecified atom stereocenters. The Hall–Kier alpha value is -1.60. The van der Waals surface area contributed by atoms with Crippen LogP contribution in [0.4, 0.5) is 0 Å². The molecular formula is C16H13Cl2NO4S. The highest BCUT2D eigenvalue weighted by atomic mass is 35.5. The molecule has 8 heteroatoms. The van der Waals surface area contributed by atoms with Crippen molar-refractivity contribution in [2.75, 3.05) is 13.2 Å². The fourth-order valence-electron chi connectivity index (χ4n) is 2.43. The summed E-state index contributed by atoms with van der Waals surface area (Å²) in [4.78, 5) is 25.1. The van der Waals surface area contributed by atoms with Crippen LogP contribution < -0.4 is 5.32 Å². The number of rotatable bonds is 4. The molecule has 0 spiro atoms. The quantitative estimate of drug-likeness (QED) is 0.841. The largest absolute Gasteiger partial charge is 0.479 e. The molecule has 1 aromatic carbocycles. The van der Waals surface area contributed by atoms with Gasteiger partial charge in [0.1, 0.15) is 0 Å². The number of carbonyl (C=O) groups is 2. The van der Waals surface area contributed by atoms with Crippen LogP contribution in [0, 0.1) is 0 Å². The maximum Gasteiger partial charge on any atom is 0.331 e. The fraction of sp³-hybridized carbons (Fsp3) is 0.250. The molecule has 2 heterocycles. The Labute approximate surface area is 152 Å². The van der Waals surface area contributed by atoms with E-state index < -0.39 is 17.4 Å². The molecule has 1 fully saturated rings. The lowest BCUT2D eigenvalue weighted by Crippen LogP contribution is -2.55. The van der Waals surface area contributed by atoms with Gasteiger partial charge in [-0.3, -0.25) is 4.79 Å². The second-order valence-corrected chi connectivity index (χ2v) is 7.33. The molecule has 0 aliphatic carbocycles. The fourth-order valence-corrected chi connectivity index (χ4v) is 3.62. The summed E-state index contributed by atoms with van der Waals surface area (Å²) in [7, 11) is 0. The summed E-state index contributed by atoms with van der Waals surface area (Å²) in [6.07, 6.45) is 0.249. The predicted molar refractivity (Wildman–Crippen MR) is 93.0 cm³/mol.